The van der Waals surface area contributed by atoms with E-state index in [4.69, 9.17) is 5.73 Å². The number of nitriles is 2. The average Bonchev–Trinajstić information content (AvgIpc) is 3.11. The number of hydrogen-bond donors (Lipinski definition) is 2. The molecule has 0 saturated heterocycles. The number of nitrogen functional groups attached to an aromatic ring is 1. The number of nitrogens with one attached hydrogen (secondary N) is 1. The lowest BCUT2D eigenvalue weighted by Crippen LogP contribution is -2.16. The fourth-order valence-corrected chi connectivity index (χ4v) is 3.40. The number of H-pyrrole nitrogens is 1. The maximum absolute atomic E-state index is 13.2. The van der Waals surface area contributed by atoms with Crippen LogP contribution in [0.1, 0.15) is 16.7 Å². The van der Waals surface area contributed by atoms with Crippen molar-refractivity contribution in [3.05, 3.63) is 87.6 Å². The Hall–Kier alpha value is -4.36. The van der Waals surface area contributed by atoms with E-state index in [9.17, 15) is 19.7 Å². The third-order valence-electron chi connectivity index (χ3n) is 4.80. The third kappa shape index (κ3) is 3.11. The van der Waals surface area contributed by atoms with Gasteiger partial charge in [-0.15, -0.1) is 0 Å². The number of hydrogen-bond acceptors (Lipinski definition) is 4. The van der Waals surface area contributed by atoms with Gasteiger partial charge in [0.25, 0.3) is 5.56 Å². The molecule has 4 aromatic rings. The lowest BCUT2D eigenvalue weighted by molar-refractivity contribution is 0.626. The number of halogens is 1. The molecule has 140 valence electrons. The largest absolute Gasteiger partial charge is 0.384 e. The maximum Gasteiger partial charge on any atom is 0.268 e. The maximum atomic E-state index is 13.2. The summed E-state index contributed by atoms with van der Waals surface area (Å²) in [5.41, 5.74) is 7.59. The van der Waals surface area contributed by atoms with Gasteiger partial charge >= 0.3 is 0 Å². The van der Waals surface area contributed by atoms with Crippen molar-refractivity contribution in [1.82, 2.24) is 9.55 Å². The van der Waals surface area contributed by atoms with Gasteiger partial charge < -0.3 is 15.3 Å². The first kappa shape index (κ1) is 18.0. The number of rotatable bonds is 3. The van der Waals surface area contributed by atoms with Crippen molar-refractivity contribution in [2.24, 2.45) is 0 Å². The fraction of sp³-hybridized carbons (Fsp3) is 0.0455. The Morgan fingerprint density at radius 3 is 2.45 bits per heavy atom. The van der Waals surface area contributed by atoms with Crippen LogP contribution in [0.4, 0.5) is 10.2 Å². The van der Waals surface area contributed by atoms with Crippen molar-refractivity contribution in [1.29, 1.82) is 10.5 Å². The van der Waals surface area contributed by atoms with E-state index in [0.717, 1.165) is 16.5 Å². The molecule has 2 aromatic heterocycles. The summed E-state index contributed by atoms with van der Waals surface area (Å²) < 4.78 is 15.1. The van der Waals surface area contributed by atoms with E-state index in [-0.39, 0.29) is 28.3 Å². The number of anilines is 1. The van der Waals surface area contributed by atoms with Crippen LogP contribution < -0.4 is 11.3 Å². The van der Waals surface area contributed by atoms with E-state index in [1.807, 2.05) is 41.1 Å². The standard InChI is InChI=1S/C22H14FN5O/c23-16-5-1-13(2-6-16)12-28-8-7-14-3-4-15(9-19(14)28)20-17(10-24)21(26)27-22(29)18(20)11-25/h1-9H,12H2,(H3,26,27,29). The molecule has 0 unspecified atom stereocenters. The first-order valence-corrected chi connectivity index (χ1v) is 8.71. The number of aromatic nitrogens is 2. The van der Waals surface area contributed by atoms with Gasteiger partial charge in [0.15, 0.2) is 0 Å². The molecule has 0 spiro atoms. The monoisotopic (exact) mass is 383 g/mol. The Morgan fingerprint density at radius 1 is 1.03 bits per heavy atom. The molecule has 0 amide bonds. The molecule has 6 nitrogen and oxygen atoms in total. The minimum atomic E-state index is -0.638. The van der Waals surface area contributed by atoms with Gasteiger partial charge in [-0.3, -0.25) is 4.79 Å². The Labute approximate surface area is 164 Å². The minimum Gasteiger partial charge on any atom is -0.384 e. The molecule has 0 saturated carbocycles. The predicted molar refractivity (Wildman–Crippen MR) is 107 cm³/mol. The molecule has 4 rings (SSSR count). The molecule has 0 radical (unpaired) electrons. The normalized spacial score (nSPS) is 10.6. The van der Waals surface area contributed by atoms with Gasteiger partial charge in [0.05, 0.1) is 0 Å². The second kappa shape index (κ2) is 6.99. The molecule has 0 aliphatic rings. The lowest BCUT2D eigenvalue weighted by Gasteiger charge is -2.11. The van der Waals surface area contributed by atoms with Crippen LogP contribution in [0.3, 0.4) is 0 Å². The second-order valence-corrected chi connectivity index (χ2v) is 6.56. The van der Waals surface area contributed by atoms with Gasteiger partial charge in [-0.2, -0.15) is 10.5 Å². The number of nitrogens with two attached hydrogens (primary N) is 1. The molecule has 3 N–H and O–H groups in total. The number of fused-ring (bicyclic) bond motifs is 1. The summed E-state index contributed by atoms with van der Waals surface area (Å²) in [6, 6.07) is 17.4. The molecule has 0 bridgehead atoms. The highest BCUT2D eigenvalue weighted by atomic mass is 19.1. The third-order valence-corrected chi connectivity index (χ3v) is 4.80. The lowest BCUT2D eigenvalue weighted by atomic mass is 9.96. The summed E-state index contributed by atoms with van der Waals surface area (Å²) in [5, 5.41) is 19.9. The average molecular weight is 383 g/mol. The van der Waals surface area contributed by atoms with E-state index < -0.39 is 5.56 Å². The Balaban J connectivity index is 1.90. The zero-order valence-corrected chi connectivity index (χ0v) is 15.1. The molecule has 7 heteroatoms. The topological polar surface area (TPSA) is 111 Å². The molecule has 2 heterocycles. The first-order valence-electron chi connectivity index (χ1n) is 8.71. The zero-order valence-electron chi connectivity index (χ0n) is 15.1. The van der Waals surface area contributed by atoms with Crippen LogP contribution in [-0.4, -0.2) is 9.55 Å². The molecule has 2 aromatic carbocycles. The summed E-state index contributed by atoms with van der Waals surface area (Å²) in [4.78, 5) is 14.5. The number of pyridine rings is 1. The van der Waals surface area contributed by atoms with Crippen LogP contribution in [-0.2, 0) is 6.54 Å². The van der Waals surface area contributed by atoms with Crippen LogP contribution in [0.25, 0.3) is 22.0 Å². The van der Waals surface area contributed by atoms with Crippen molar-refractivity contribution in [3.8, 4) is 23.3 Å². The van der Waals surface area contributed by atoms with Gasteiger partial charge in [0.1, 0.15) is 34.9 Å². The van der Waals surface area contributed by atoms with Crippen LogP contribution in [0.5, 0.6) is 0 Å². The van der Waals surface area contributed by atoms with Gasteiger partial charge in [-0.1, -0.05) is 24.3 Å². The van der Waals surface area contributed by atoms with Crippen molar-refractivity contribution in [2.75, 3.05) is 5.73 Å². The minimum absolute atomic E-state index is 0.0529. The van der Waals surface area contributed by atoms with Crippen LogP contribution in [0.2, 0.25) is 0 Å². The summed E-state index contributed by atoms with van der Waals surface area (Å²) in [7, 11) is 0. The van der Waals surface area contributed by atoms with Crippen LogP contribution in [0.15, 0.2) is 59.5 Å². The zero-order chi connectivity index (χ0) is 20.5. The van der Waals surface area contributed by atoms with Crippen molar-refractivity contribution in [3.63, 3.8) is 0 Å². The molecule has 29 heavy (non-hydrogen) atoms. The highest BCUT2D eigenvalue weighted by Crippen LogP contribution is 2.31. The van der Waals surface area contributed by atoms with Gasteiger partial charge in [-0.05, 0) is 40.8 Å². The predicted octanol–water partition coefficient (Wildman–Crippen LogP) is 3.51. The second-order valence-electron chi connectivity index (χ2n) is 6.56. The Bertz CT molecular complexity index is 1380. The van der Waals surface area contributed by atoms with Crippen LogP contribution >= 0.6 is 0 Å². The van der Waals surface area contributed by atoms with E-state index in [0.29, 0.717) is 12.1 Å². The highest BCUT2D eigenvalue weighted by Gasteiger charge is 2.18. The highest BCUT2D eigenvalue weighted by molar-refractivity contribution is 5.89. The Kier molecular flexibility index (Phi) is 4.34. The quantitative estimate of drug-likeness (QED) is 0.564. The smallest absolute Gasteiger partial charge is 0.268 e. The van der Waals surface area contributed by atoms with E-state index in [2.05, 4.69) is 4.98 Å². The summed E-state index contributed by atoms with van der Waals surface area (Å²) in [6.07, 6.45) is 1.90. The van der Waals surface area contributed by atoms with Gasteiger partial charge in [0.2, 0.25) is 0 Å². The molecule has 0 aliphatic heterocycles. The summed E-state index contributed by atoms with van der Waals surface area (Å²) >= 11 is 0. The number of nitrogens with zero attached hydrogens (tertiary/aromatic N) is 3. The fourth-order valence-electron chi connectivity index (χ4n) is 3.40. The van der Waals surface area contributed by atoms with Crippen LogP contribution in [0, 0.1) is 28.5 Å². The van der Waals surface area contributed by atoms with E-state index in [1.54, 1.807) is 18.2 Å². The first-order chi connectivity index (χ1) is 14.0. The SMILES string of the molecule is N#Cc1c(N)[nH]c(=O)c(C#N)c1-c1ccc2ccn(Cc3ccc(F)cc3)c2c1. The Morgan fingerprint density at radius 2 is 1.76 bits per heavy atom. The number of aromatic amines is 1. The van der Waals surface area contributed by atoms with Crippen molar-refractivity contribution < 1.29 is 4.39 Å². The van der Waals surface area contributed by atoms with Gasteiger partial charge in [0, 0.05) is 23.8 Å². The van der Waals surface area contributed by atoms with Crippen molar-refractivity contribution >= 4 is 16.7 Å². The molecule has 0 aliphatic carbocycles. The summed E-state index contributed by atoms with van der Waals surface area (Å²) in [5.74, 6) is -0.373. The van der Waals surface area contributed by atoms with E-state index >= 15 is 0 Å². The summed E-state index contributed by atoms with van der Waals surface area (Å²) in [6.45, 7) is 0.515. The van der Waals surface area contributed by atoms with E-state index in [1.165, 1.54) is 12.1 Å². The molecule has 0 fully saturated rings. The molecular formula is C22H14FN5O. The molecular weight excluding hydrogens is 369 g/mol. The molecule has 0 atom stereocenters. The number of benzene rings is 2. The van der Waals surface area contributed by atoms with Crippen molar-refractivity contribution in [2.45, 2.75) is 6.54 Å². The van der Waals surface area contributed by atoms with Gasteiger partial charge in [-0.25, -0.2) is 4.39 Å².